The predicted molar refractivity (Wildman–Crippen MR) is 86.8 cm³/mol. The summed E-state index contributed by atoms with van der Waals surface area (Å²) in [5, 5.41) is 0. The van der Waals surface area contributed by atoms with E-state index >= 15 is 0 Å². The van der Waals surface area contributed by atoms with Crippen molar-refractivity contribution < 1.29 is 9.15 Å². The smallest absolute Gasteiger partial charge is 0.0947 e. The molecule has 0 radical (unpaired) electrons. The Balaban J connectivity index is 1.27. The molecule has 0 bridgehead atoms. The molecule has 0 aromatic carbocycles. The fourth-order valence-corrected chi connectivity index (χ4v) is 3.66. The molecule has 2 aliphatic rings. The van der Waals surface area contributed by atoms with Gasteiger partial charge < -0.3 is 9.15 Å². The second-order valence-corrected chi connectivity index (χ2v) is 6.55. The Morgan fingerprint density at radius 3 is 3.04 bits per heavy atom. The lowest BCUT2D eigenvalue weighted by atomic mass is 10.1. The topological polar surface area (TPSA) is 41.7 Å². The van der Waals surface area contributed by atoms with Crippen LogP contribution in [-0.2, 0) is 17.9 Å². The number of hydrogen-bond donors (Lipinski definition) is 0. The Morgan fingerprint density at radius 1 is 1.22 bits per heavy atom. The molecule has 2 atom stereocenters. The van der Waals surface area contributed by atoms with Crippen LogP contribution in [-0.4, -0.2) is 53.1 Å². The van der Waals surface area contributed by atoms with Gasteiger partial charge in [0.15, 0.2) is 0 Å². The van der Waals surface area contributed by atoms with E-state index < -0.39 is 0 Å². The van der Waals surface area contributed by atoms with Crippen molar-refractivity contribution in [2.75, 3.05) is 26.2 Å². The van der Waals surface area contributed by atoms with Crippen LogP contribution in [0.5, 0.6) is 0 Å². The van der Waals surface area contributed by atoms with Crippen molar-refractivity contribution in [3.05, 3.63) is 54.2 Å². The summed E-state index contributed by atoms with van der Waals surface area (Å²) in [6, 6.07) is 6.71. The number of furan rings is 1. The molecule has 5 nitrogen and oxygen atoms in total. The second kappa shape index (κ2) is 6.83. The number of rotatable bonds is 5. The molecule has 5 heteroatoms. The van der Waals surface area contributed by atoms with Gasteiger partial charge in [-0.25, -0.2) is 0 Å². The molecule has 2 unspecified atom stereocenters. The van der Waals surface area contributed by atoms with Crippen LogP contribution in [0.15, 0.2) is 47.5 Å². The minimum Gasteiger partial charge on any atom is -0.472 e. The number of ether oxygens (including phenoxy) is 1. The third kappa shape index (κ3) is 3.63. The Labute approximate surface area is 136 Å². The molecule has 2 aromatic heterocycles. The average Bonchev–Trinajstić information content (AvgIpc) is 3.23. The molecule has 2 aromatic rings. The van der Waals surface area contributed by atoms with Crippen molar-refractivity contribution >= 4 is 0 Å². The van der Waals surface area contributed by atoms with Crippen LogP contribution < -0.4 is 0 Å². The van der Waals surface area contributed by atoms with E-state index in [1.165, 1.54) is 5.56 Å². The second-order valence-electron chi connectivity index (χ2n) is 6.55. The van der Waals surface area contributed by atoms with Crippen LogP contribution in [0.1, 0.15) is 17.5 Å². The van der Waals surface area contributed by atoms with Crippen LogP contribution in [0.3, 0.4) is 0 Å². The third-order valence-electron chi connectivity index (χ3n) is 4.86. The van der Waals surface area contributed by atoms with E-state index in [1.54, 1.807) is 12.5 Å². The van der Waals surface area contributed by atoms with Gasteiger partial charge in [-0.2, -0.15) is 0 Å². The molecule has 4 rings (SSSR count). The molecule has 2 fully saturated rings. The van der Waals surface area contributed by atoms with Gasteiger partial charge in [-0.05, 0) is 24.1 Å². The van der Waals surface area contributed by atoms with Crippen molar-refractivity contribution in [1.29, 1.82) is 0 Å². The predicted octanol–water partition coefficient (Wildman–Crippen LogP) is 2.15. The van der Waals surface area contributed by atoms with Crippen LogP contribution in [0, 0.1) is 0 Å². The average molecular weight is 313 g/mol. The number of hydrogen-bond acceptors (Lipinski definition) is 5. The summed E-state index contributed by atoms with van der Waals surface area (Å²) >= 11 is 0. The first-order valence-corrected chi connectivity index (χ1v) is 8.35. The maximum atomic E-state index is 6.11. The van der Waals surface area contributed by atoms with Crippen molar-refractivity contribution in [3.8, 4) is 0 Å². The number of nitrogens with zero attached hydrogens (tertiary/aromatic N) is 3. The largest absolute Gasteiger partial charge is 0.472 e. The molecule has 23 heavy (non-hydrogen) atoms. The number of aromatic nitrogens is 1. The number of fused-ring (bicyclic) bond motifs is 1. The lowest BCUT2D eigenvalue weighted by Crippen LogP contribution is -2.49. The van der Waals surface area contributed by atoms with Gasteiger partial charge in [0.05, 0.1) is 25.2 Å². The molecule has 122 valence electrons. The van der Waals surface area contributed by atoms with E-state index in [9.17, 15) is 0 Å². The molecule has 0 saturated carbocycles. The van der Waals surface area contributed by atoms with Gasteiger partial charge in [0, 0.05) is 56.7 Å². The quantitative estimate of drug-likeness (QED) is 0.846. The number of piperazine rings is 1. The minimum atomic E-state index is 0.342. The van der Waals surface area contributed by atoms with Crippen molar-refractivity contribution in [2.45, 2.75) is 31.7 Å². The minimum absolute atomic E-state index is 0.342. The highest BCUT2D eigenvalue weighted by Gasteiger charge is 2.36. The summed E-state index contributed by atoms with van der Waals surface area (Å²) in [6.45, 7) is 6.09. The number of pyridine rings is 1. The molecule has 0 amide bonds. The molecule has 2 saturated heterocycles. The van der Waals surface area contributed by atoms with Gasteiger partial charge in [-0.3, -0.25) is 14.8 Å². The summed E-state index contributed by atoms with van der Waals surface area (Å²) in [4.78, 5) is 9.25. The van der Waals surface area contributed by atoms with E-state index in [0.29, 0.717) is 18.8 Å². The Kier molecular flexibility index (Phi) is 4.41. The van der Waals surface area contributed by atoms with Crippen molar-refractivity contribution in [2.24, 2.45) is 0 Å². The summed E-state index contributed by atoms with van der Waals surface area (Å²) < 4.78 is 11.3. The zero-order valence-electron chi connectivity index (χ0n) is 13.3. The SMILES string of the molecule is c1cncc(COC2CC3CN(Cc4ccoc4)CCN3C2)c1. The van der Waals surface area contributed by atoms with Gasteiger partial charge in [-0.15, -0.1) is 0 Å². The van der Waals surface area contributed by atoms with Crippen LogP contribution in [0.25, 0.3) is 0 Å². The van der Waals surface area contributed by atoms with Crippen LogP contribution >= 0.6 is 0 Å². The summed E-state index contributed by atoms with van der Waals surface area (Å²) in [7, 11) is 0. The molecule has 2 aliphatic heterocycles. The Bertz CT molecular complexity index is 602. The first kappa shape index (κ1) is 14.9. The maximum Gasteiger partial charge on any atom is 0.0947 e. The van der Waals surface area contributed by atoms with E-state index in [2.05, 4.69) is 26.9 Å². The van der Waals surface area contributed by atoms with Crippen LogP contribution in [0.4, 0.5) is 0 Å². The van der Waals surface area contributed by atoms with E-state index in [1.807, 2.05) is 18.5 Å². The first-order chi connectivity index (χ1) is 11.4. The summed E-state index contributed by atoms with van der Waals surface area (Å²) in [5.74, 6) is 0. The van der Waals surface area contributed by atoms with E-state index in [4.69, 9.17) is 9.15 Å². The normalized spacial score (nSPS) is 25.6. The van der Waals surface area contributed by atoms with Crippen molar-refractivity contribution in [3.63, 3.8) is 0 Å². The van der Waals surface area contributed by atoms with Gasteiger partial charge in [-0.1, -0.05) is 6.07 Å². The molecular weight excluding hydrogens is 290 g/mol. The van der Waals surface area contributed by atoms with Crippen LogP contribution in [0.2, 0.25) is 0 Å². The molecule has 0 aliphatic carbocycles. The van der Waals surface area contributed by atoms with E-state index in [-0.39, 0.29) is 0 Å². The van der Waals surface area contributed by atoms with Gasteiger partial charge in [0.1, 0.15) is 0 Å². The highest BCUT2D eigenvalue weighted by Crippen LogP contribution is 2.25. The summed E-state index contributed by atoms with van der Waals surface area (Å²) in [6.07, 6.45) is 8.75. The first-order valence-electron chi connectivity index (χ1n) is 8.35. The Morgan fingerprint density at radius 2 is 2.22 bits per heavy atom. The third-order valence-corrected chi connectivity index (χ3v) is 4.86. The highest BCUT2D eigenvalue weighted by molar-refractivity contribution is 5.07. The molecule has 4 heterocycles. The zero-order valence-corrected chi connectivity index (χ0v) is 13.3. The summed E-state index contributed by atoms with van der Waals surface area (Å²) in [5.41, 5.74) is 2.42. The van der Waals surface area contributed by atoms with Gasteiger partial charge in [0.25, 0.3) is 0 Å². The highest BCUT2D eigenvalue weighted by atomic mass is 16.5. The standard InChI is InChI=1S/C18H23N3O2/c1-2-15(9-19-4-1)14-23-18-8-17-11-20(5-6-21(17)12-18)10-16-3-7-22-13-16/h1-4,7,9,13,17-18H,5-6,8,10-12,14H2. The van der Waals surface area contributed by atoms with Gasteiger partial charge in [0.2, 0.25) is 0 Å². The zero-order chi connectivity index (χ0) is 15.5. The lowest BCUT2D eigenvalue weighted by Gasteiger charge is -2.37. The molecular formula is C18H23N3O2. The monoisotopic (exact) mass is 313 g/mol. The molecule has 0 N–H and O–H groups in total. The Hall–Kier alpha value is -1.69. The van der Waals surface area contributed by atoms with Gasteiger partial charge >= 0.3 is 0 Å². The lowest BCUT2D eigenvalue weighted by molar-refractivity contribution is 0.0457. The fourth-order valence-electron chi connectivity index (χ4n) is 3.66. The maximum absolute atomic E-state index is 6.11. The van der Waals surface area contributed by atoms with Crippen molar-refractivity contribution in [1.82, 2.24) is 14.8 Å². The molecule has 0 spiro atoms. The fraction of sp³-hybridized carbons (Fsp3) is 0.500. The van der Waals surface area contributed by atoms with E-state index in [0.717, 1.165) is 44.7 Å².